The molecule has 1 atom stereocenters. The van der Waals surface area contributed by atoms with Gasteiger partial charge in [0.25, 0.3) is 0 Å². The number of nitrogens with zero attached hydrogens (tertiary/aromatic N) is 1. The summed E-state index contributed by atoms with van der Waals surface area (Å²) in [6.45, 7) is 4.27. The third-order valence-electron chi connectivity index (χ3n) is 1.97. The lowest BCUT2D eigenvalue weighted by molar-refractivity contribution is 0.570. The number of aromatic nitrogens is 2. The number of rotatable bonds is 4. The van der Waals surface area contributed by atoms with Gasteiger partial charge in [0.2, 0.25) is 0 Å². The molecule has 0 bridgehead atoms. The summed E-state index contributed by atoms with van der Waals surface area (Å²) in [5.74, 6) is 1.31. The van der Waals surface area contributed by atoms with Gasteiger partial charge in [0, 0.05) is 17.5 Å². The monoisotopic (exact) mass is 186 g/mol. The molecule has 1 rings (SSSR count). The molecule has 0 aliphatic heterocycles. The Labute approximate surface area is 76.0 Å². The average molecular weight is 186 g/mol. The molecule has 0 saturated carbocycles. The lowest BCUT2D eigenvalue weighted by Crippen LogP contribution is -2.02. The molecule has 0 aliphatic rings. The van der Waals surface area contributed by atoms with Gasteiger partial charge in [-0.3, -0.25) is 9.78 Å². The van der Waals surface area contributed by atoms with Gasteiger partial charge in [0.05, 0.1) is 0 Å². The third kappa shape index (κ3) is 2.17. The normalized spacial score (nSPS) is 13.2. The Hall–Kier alpha value is -0.640. The van der Waals surface area contributed by atoms with Crippen molar-refractivity contribution in [2.45, 2.75) is 39.0 Å². The van der Waals surface area contributed by atoms with Crippen LogP contribution < -0.4 is 4.87 Å². The molecular weight excluding hydrogens is 172 g/mol. The molecule has 0 aromatic carbocycles. The van der Waals surface area contributed by atoms with Gasteiger partial charge in [-0.05, 0) is 12.8 Å². The molecule has 68 valence electrons. The summed E-state index contributed by atoms with van der Waals surface area (Å²) in [5.41, 5.74) is 0. The molecule has 1 heterocycles. The fourth-order valence-corrected chi connectivity index (χ4v) is 1.83. The maximum atomic E-state index is 10.8. The van der Waals surface area contributed by atoms with E-state index in [1.54, 1.807) is 0 Å². The number of H-pyrrole nitrogens is 1. The first kappa shape index (κ1) is 9.45. The Morgan fingerprint density at radius 3 is 2.75 bits per heavy atom. The fourth-order valence-electron chi connectivity index (χ4n) is 1.30. The minimum absolute atomic E-state index is 0.0421. The van der Waals surface area contributed by atoms with E-state index in [-0.39, 0.29) is 4.87 Å². The summed E-state index contributed by atoms with van der Waals surface area (Å²) in [4.78, 5) is 13.5. The SMILES string of the molecule is CCCC(CC)c1nsc(=O)[nH]1. The predicted molar refractivity (Wildman–Crippen MR) is 50.7 cm³/mol. The quantitative estimate of drug-likeness (QED) is 0.783. The van der Waals surface area contributed by atoms with Crippen molar-refractivity contribution in [2.75, 3.05) is 0 Å². The van der Waals surface area contributed by atoms with Crippen molar-refractivity contribution in [2.24, 2.45) is 0 Å². The van der Waals surface area contributed by atoms with Crippen molar-refractivity contribution < 1.29 is 0 Å². The highest BCUT2D eigenvalue weighted by molar-refractivity contribution is 7.02. The molecule has 3 nitrogen and oxygen atoms in total. The molecular formula is C8H14N2OS. The number of hydrogen-bond acceptors (Lipinski definition) is 3. The zero-order chi connectivity index (χ0) is 8.97. The maximum Gasteiger partial charge on any atom is 0.323 e. The van der Waals surface area contributed by atoms with Gasteiger partial charge in [-0.1, -0.05) is 20.3 Å². The van der Waals surface area contributed by atoms with Crippen molar-refractivity contribution in [3.8, 4) is 0 Å². The van der Waals surface area contributed by atoms with Crippen molar-refractivity contribution in [1.29, 1.82) is 0 Å². The van der Waals surface area contributed by atoms with Gasteiger partial charge in [-0.15, -0.1) is 0 Å². The molecule has 0 amide bonds. The Morgan fingerprint density at radius 2 is 2.33 bits per heavy atom. The van der Waals surface area contributed by atoms with Crippen LogP contribution in [-0.4, -0.2) is 9.36 Å². The molecule has 12 heavy (non-hydrogen) atoms. The molecule has 1 unspecified atom stereocenters. The Kier molecular flexibility index (Phi) is 3.47. The van der Waals surface area contributed by atoms with Gasteiger partial charge in [0.15, 0.2) is 0 Å². The largest absolute Gasteiger partial charge is 0.323 e. The first-order valence-corrected chi connectivity index (χ1v) is 5.11. The van der Waals surface area contributed by atoms with Crippen LogP contribution in [0.2, 0.25) is 0 Å². The lowest BCUT2D eigenvalue weighted by atomic mass is 10.0. The lowest BCUT2D eigenvalue weighted by Gasteiger charge is -2.08. The van der Waals surface area contributed by atoms with Crippen LogP contribution in [0.4, 0.5) is 0 Å². The van der Waals surface area contributed by atoms with Crippen LogP contribution in [0.3, 0.4) is 0 Å². The van der Waals surface area contributed by atoms with Crippen LogP contribution in [0, 0.1) is 0 Å². The Balaban J connectivity index is 2.72. The second kappa shape index (κ2) is 4.40. The van der Waals surface area contributed by atoms with Crippen molar-refractivity contribution >= 4 is 11.5 Å². The molecule has 4 heteroatoms. The van der Waals surface area contributed by atoms with E-state index in [0.29, 0.717) is 5.92 Å². The summed E-state index contributed by atoms with van der Waals surface area (Å²) in [7, 11) is 0. The summed E-state index contributed by atoms with van der Waals surface area (Å²) in [6.07, 6.45) is 3.29. The zero-order valence-electron chi connectivity index (χ0n) is 7.46. The summed E-state index contributed by atoms with van der Waals surface area (Å²) >= 11 is 1.01. The van der Waals surface area contributed by atoms with E-state index in [2.05, 4.69) is 23.2 Å². The van der Waals surface area contributed by atoms with E-state index in [0.717, 1.165) is 36.6 Å². The van der Waals surface area contributed by atoms with E-state index < -0.39 is 0 Å². The highest BCUT2D eigenvalue weighted by Crippen LogP contribution is 2.20. The standard InChI is InChI=1S/C8H14N2OS/c1-3-5-6(4-2)7-9-8(11)12-10-7/h6H,3-5H2,1-2H3,(H,9,10,11). The number of hydrogen-bond donors (Lipinski definition) is 1. The fraction of sp³-hybridized carbons (Fsp3) is 0.750. The van der Waals surface area contributed by atoms with Crippen LogP contribution in [0.1, 0.15) is 44.9 Å². The van der Waals surface area contributed by atoms with Gasteiger partial charge >= 0.3 is 4.87 Å². The number of aromatic amines is 1. The third-order valence-corrected chi connectivity index (χ3v) is 2.53. The van der Waals surface area contributed by atoms with E-state index in [9.17, 15) is 4.79 Å². The maximum absolute atomic E-state index is 10.8. The topological polar surface area (TPSA) is 45.8 Å². The van der Waals surface area contributed by atoms with Gasteiger partial charge < -0.3 is 0 Å². The molecule has 0 radical (unpaired) electrons. The molecule has 0 fully saturated rings. The Bertz CT molecular complexity index is 279. The second-order valence-electron chi connectivity index (χ2n) is 2.87. The first-order valence-electron chi connectivity index (χ1n) is 4.33. The summed E-state index contributed by atoms with van der Waals surface area (Å²) < 4.78 is 4.08. The van der Waals surface area contributed by atoms with Crippen LogP contribution in [0.15, 0.2) is 4.79 Å². The van der Waals surface area contributed by atoms with Gasteiger partial charge in [-0.25, -0.2) is 0 Å². The summed E-state index contributed by atoms with van der Waals surface area (Å²) in [5, 5.41) is 0. The van der Waals surface area contributed by atoms with Crippen LogP contribution in [-0.2, 0) is 0 Å². The van der Waals surface area contributed by atoms with Gasteiger partial charge in [-0.2, -0.15) is 4.37 Å². The minimum atomic E-state index is -0.0421. The van der Waals surface area contributed by atoms with Crippen molar-refractivity contribution in [3.63, 3.8) is 0 Å². The molecule has 1 N–H and O–H groups in total. The van der Waals surface area contributed by atoms with E-state index in [4.69, 9.17) is 0 Å². The smallest absolute Gasteiger partial charge is 0.299 e. The van der Waals surface area contributed by atoms with E-state index in [1.807, 2.05) is 0 Å². The van der Waals surface area contributed by atoms with Crippen LogP contribution in [0.5, 0.6) is 0 Å². The molecule has 0 aliphatic carbocycles. The van der Waals surface area contributed by atoms with Gasteiger partial charge in [0.1, 0.15) is 5.82 Å². The van der Waals surface area contributed by atoms with Crippen LogP contribution >= 0.6 is 11.5 Å². The van der Waals surface area contributed by atoms with E-state index in [1.165, 1.54) is 0 Å². The molecule has 0 spiro atoms. The second-order valence-corrected chi connectivity index (χ2v) is 3.61. The molecule has 1 aromatic heterocycles. The average Bonchev–Trinajstić information content (AvgIpc) is 2.47. The van der Waals surface area contributed by atoms with Crippen molar-refractivity contribution in [1.82, 2.24) is 9.36 Å². The predicted octanol–water partition coefficient (Wildman–Crippen LogP) is 2.13. The highest BCUT2D eigenvalue weighted by Gasteiger charge is 2.11. The summed E-state index contributed by atoms with van der Waals surface area (Å²) in [6, 6.07) is 0. The molecule has 0 saturated heterocycles. The zero-order valence-corrected chi connectivity index (χ0v) is 8.28. The van der Waals surface area contributed by atoms with E-state index >= 15 is 0 Å². The number of nitrogens with one attached hydrogen (secondary N) is 1. The first-order chi connectivity index (χ1) is 5.77. The Morgan fingerprint density at radius 1 is 1.58 bits per heavy atom. The minimum Gasteiger partial charge on any atom is -0.299 e. The van der Waals surface area contributed by atoms with Crippen LogP contribution in [0.25, 0.3) is 0 Å². The highest BCUT2D eigenvalue weighted by atomic mass is 32.1. The van der Waals surface area contributed by atoms with Crippen molar-refractivity contribution in [3.05, 3.63) is 15.5 Å². The molecule has 1 aromatic rings.